The molecule has 7 nitrogen and oxygen atoms in total. The summed E-state index contributed by atoms with van der Waals surface area (Å²) in [5.41, 5.74) is 2.55. The summed E-state index contributed by atoms with van der Waals surface area (Å²) >= 11 is 0. The minimum absolute atomic E-state index is 0.0469. The average Bonchev–Trinajstić information content (AvgIpc) is 3.32. The van der Waals surface area contributed by atoms with Gasteiger partial charge in [-0.05, 0) is 41.8 Å². The fourth-order valence-electron chi connectivity index (χ4n) is 3.26. The third-order valence-corrected chi connectivity index (χ3v) is 6.43. The Labute approximate surface area is 163 Å². The molecule has 8 heteroatoms. The molecule has 1 N–H and O–H groups in total. The summed E-state index contributed by atoms with van der Waals surface area (Å²) in [7, 11) is -3.48. The van der Waals surface area contributed by atoms with Gasteiger partial charge in [0.2, 0.25) is 22.7 Å². The first-order chi connectivity index (χ1) is 13.5. The molecule has 4 rings (SSSR count). The van der Waals surface area contributed by atoms with Crippen LogP contribution in [0.3, 0.4) is 0 Å². The van der Waals surface area contributed by atoms with Crippen molar-refractivity contribution in [3.05, 3.63) is 59.7 Å². The lowest BCUT2D eigenvalue weighted by atomic mass is 10.2. The Kier molecular flexibility index (Phi) is 4.95. The van der Waals surface area contributed by atoms with E-state index in [2.05, 4.69) is 5.32 Å². The van der Waals surface area contributed by atoms with Crippen LogP contribution in [0.2, 0.25) is 0 Å². The number of hydrogen-bond acceptors (Lipinski definition) is 5. The monoisotopic (exact) mass is 400 g/mol. The molecule has 0 radical (unpaired) electrons. The summed E-state index contributed by atoms with van der Waals surface area (Å²) in [6.07, 6.45) is 3.72. The Morgan fingerprint density at radius 1 is 1.14 bits per heavy atom. The summed E-state index contributed by atoms with van der Waals surface area (Å²) in [6.45, 7) is 0.684. The van der Waals surface area contributed by atoms with Crippen molar-refractivity contribution in [1.29, 1.82) is 0 Å². The van der Waals surface area contributed by atoms with E-state index in [0.29, 0.717) is 24.5 Å². The molecule has 0 aromatic heterocycles. The molecular weight excluding hydrogens is 380 g/mol. The van der Waals surface area contributed by atoms with Crippen LogP contribution in [0, 0.1) is 0 Å². The first kappa shape index (κ1) is 18.4. The van der Waals surface area contributed by atoms with Crippen molar-refractivity contribution in [3.8, 4) is 11.5 Å². The molecule has 0 bridgehead atoms. The highest BCUT2D eigenvalue weighted by atomic mass is 32.2. The number of para-hydroxylation sites is 1. The molecule has 0 atom stereocenters. The summed E-state index contributed by atoms with van der Waals surface area (Å²) in [4.78, 5) is 12.0. The van der Waals surface area contributed by atoms with Gasteiger partial charge >= 0.3 is 0 Å². The zero-order chi connectivity index (χ0) is 19.6. The van der Waals surface area contributed by atoms with Crippen LogP contribution < -0.4 is 19.1 Å². The van der Waals surface area contributed by atoms with E-state index in [-0.39, 0.29) is 25.0 Å². The number of nitrogens with one attached hydrogen (secondary N) is 1. The van der Waals surface area contributed by atoms with E-state index in [9.17, 15) is 13.2 Å². The van der Waals surface area contributed by atoms with Crippen LogP contribution in [0.4, 0.5) is 5.69 Å². The van der Waals surface area contributed by atoms with E-state index in [1.165, 1.54) is 10.4 Å². The number of benzene rings is 2. The van der Waals surface area contributed by atoms with E-state index in [1.54, 1.807) is 18.2 Å². The van der Waals surface area contributed by atoms with E-state index in [1.807, 2.05) is 30.3 Å². The number of carbonyl (C=O) groups excluding carboxylic acids is 1. The standard InChI is InChI=1S/C20H20N2O5S/c23-20(8-6-15-5-7-18-19(13-15)27-14-26-18)21-10-12-28(24,25)22-11-9-16-3-1-2-4-17(16)22/h1-8,13H,9-12,14H2,(H,21,23). The topological polar surface area (TPSA) is 84.9 Å². The lowest BCUT2D eigenvalue weighted by molar-refractivity contribution is -0.116. The van der Waals surface area contributed by atoms with Gasteiger partial charge in [0.25, 0.3) is 0 Å². The Morgan fingerprint density at radius 2 is 1.96 bits per heavy atom. The van der Waals surface area contributed by atoms with Crippen molar-refractivity contribution < 1.29 is 22.7 Å². The van der Waals surface area contributed by atoms with Gasteiger partial charge in [-0.3, -0.25) is 9.10 Å². The fourth-order valence-corrected chi connectivity index (χ4v) is 4.69. The number of carbonyl (C=O) groups is 1. The molecule has 2 aromatic carbocycles. The van der Waals surface area contributed by atoms with Crippen LogP contribution in [-0.2, 0) is 21.2 Å². The lowest BCUT2D eigenvalue weighted by Crippen LogP contribution is -2.36. The van der Waals surface area contributed by atoms with Crippen molar-refractivity contribution in [2.45, 2.75) is 6.42 Å². The molecule has 28 heavy (non-hydrogen) atoms. The van der Waals surface area contributed by atoms with Gasteiger partial charge < -0.3 is 14.8 Å². The van der Waals surface area contributed by atoms with Crippen molar-refractivity contribution in [1.82, 2.24) is 5.32 Å². The van der Waals surface area contributed by atoms with Gasteiger partial charge in [0.1, 0.15) is 0 Å². The zero-order valence-corrected chi connectivity index (χ0v) is 15.9. The maximum absolute atomic E-state index is 12.6. The first-order valence-corrected chi connectivity index (χ1v) is 10.6. The second-order valence-corrected chi connectivity index (χ2v) is 8.52. The second kappa shape index (κ2) is 7.55. The minimum atomic E-state index is -3.48. The van der Waals surface area contributed by atoms with Gasteiger partial charge in [0.15, 0.2) is 11.5 Å². The van der Waals surface area contributed by atoms with E-state index < -0.39 is 10.0 Å². The van der Waals surface area contributed by atoms with Crippen molar-refractivity contribution >= 4 is 27.7 Å². The highest BCUT2D eigenvalue weighted by Crippen LogP contribution is 2.33. The number of ether oxygens (including phenoxy) is 2. The number of fused-ring (bicyclic) bond motifs is 2. The van der Waals surface area contributed by atoms with Gasteiger partial charge in [-0.15, -0.1) is 0 Å². The Hall–Kier alpha value is -3.00. The zero-order valence-electron chi connectivity index (χ0n) is 15.1. The molecule has 1 amide bonds. The van der Waals surface area contributed by atoms with Crippen molar-refractivity contribution in [2.24, 2.45) is 0 Å². The first-order valence-electron chi connectivity index (χ1n) is 8.97. The molecule has 0 saturated heterocycles. The molecule has 2 aliphatic heterocycles. The van der Waals surface area contributed by atoms with E-state index in [0.717, 1.165) is 16.8 Å². The number of anilines is 1. The maximum Gasteiger partial charge on any atom is 0.244 e. The Bertz CT molecular complexity index is 1030. The van der Waals surface area contributed by atoms with Gasteiger partial charge in [-0.2, -0.15) is 0 Å². The van der Waals surface area contributed by atoms with Crippen LogP contribution in [0.15, 0.2) is 48.5 Å². The summed E-state index contributed by atoms with van der Waals surface area (Å²) in [5.74, 6) is 0.815. The summed E-state index contributed by atoms with van der Waals surface area (Å²) in [5, 5.41) is 2.62. The number of nitrogens with zero attached hydrogens (tertiary/aromatic N) is 1. The average molecular weight is 400 g/mol. The molecule has 0 fully saturated rings. The van der Waals surface area contributed by atoms with Crippen LogP contribution in [0.1, 0.15) is 11.1 Å². The van der Waals surface area contributed by atoms with Crippen LogP contribution >= 0.6 is 0 Å². The predicted octanol–water partition coefficient (Wildman–Crippen LogP) is 1.94. The van der Waals surface area contributed by atoms with Gasteiger partial charge in [-0.25, -0.2) is 8.42 Å². The highest BCUT2D eigenvalue weighted by Gasteiger charge is 2.28. The molecule has 0 unspecified atom stereocenters. The van der Waals surface area contributed by atoms with Crippen LogP contribution in [0.25, 0.3) is 6.08 Å². The number of amides is 1. The molecule has 2 heterocycles. The second-order valence-electron chi connectivity index (χ2n) is 6.50. The molecule has 2 aromatic rings. The molecule has 0 spiro atoms. The smallest absolute Gasteiger partial charge is 0.244 e. The molecule has 146 valence electrons. The van der Waals surface area contributed by atoms with Crippen molar-refractivity contribution in [3.63, 3.8) is 0 Å². The maximum atomic E-state index is 12.6. The number of hydrogen-bond donors (Lipinski definition) is 1. The summed E-state index contributed by atoms with van der Waals surface area (Å²) < 4.78 is 37.2. The predicted molar refractivity (Wildman–Crippen MR) is 106 cm³/mol. The van der Waals surface area contributed by atoms with Crippen LogP contribution in [0.5, 0.6) is 11.5 Å². The SMILES string of the molecule is O=C(C=Cc1ccc2c(c1)OCO2)NCCS(=O)(=O)N1CCc2ccccc21. The van der Waals surface area contributed by atoms with Crippen LogP contribution in [-0.4, -0.2) is 40.0 Å². The minimum Gasteiger partial charge on any atom is -0.454 e. The molecule has 0 aliphatic carbocycles. The van der Waals surface area contributed by atoms with Crippen molar-refractivity contribution in [2.75, 3.05) is 29.9 Å². The van der Waals surface area contributed by atoms with E-state index >= 15 is 0 Å². The largest absolute Gasteiger partial charge is 0.454 e. The van der Waals surface area contributed by atoms with Gasteiger partial charge in [-0.1, -0.05) is 24.3 Å². The Balaban J connectivity index is 1.30. The molecular formula is C20H20N2O5S. The van der Waals surface area contributed by atoms with Gasteiger partial charge in [0.05, 0.1) is 11.4 Å². The fraction of sp³-hybridized carbons (Fsp3) is 0.250. The van der Waals surface area contributed by atoms with Gasteiger partial charge in [0, 0.05) is 19.2 Å². The van der Waals surface area contributed by atoms with E-state index in [4.69, 9.17) is 9.47 Å². The number of sulfonamides is 1. The summed E-state index contributed by atoms with van der Waals surface area (Å²) in [6, 6.07) is 12.9. The Morgan fingerprint density at radius 3 is 2.86 bits per heavy atom. The normalized spacial score (nSPS) is 15.1. The highest BCUT2D eigenvalue weighted by molar-refractivity contribution is 7.92. The molecule has 2 aliphatic rings. The quantitative estimate of drug-likeness (QED) is 0.749. The number of rotatable bonds is 6. The third kappa shape index (κ3) is 3.82. The lowest BCUT2D eigenvalue weighted by Gasteiger charge is -2.19. The molecule has 0 saturated carbocycles. The third-order valence-electron chi connectivity index (χ3n) is 4.66.